The number of fused-ring (bicyclic) bond motifs is 1. The molecule has 0 fully saturated rings. The molecule has 36 heavy (non-hydrogen) atoms. The average molecular weight is 515 g/mol. The first-order chi connectivity index (χ1) is 16.6. The Bertz CT molecular complexity index is 1090. The summed E-state index contributed by atoms with van der Waals surface area (Å²) in [4.78, 5) is 33.2. The van der Waals surface area contributed by atoms with E-state index in [9.17, 15) is 14.7 Å². The molecule has 0 saturated carbocycles. The van der Waals surface area contributed by atoms with Gasteiger partial charge in [0.2, 0.25) is 14.0 Å². The summed E-state index contributed by atoms with van der Waals surface area (Å²) in [5.74, 6) is -0.843. The molecule has 1 aliphatic rings. The minimum atomic E-state index is -2.20. The molecule has 196 valence electrons. The molecule has 0 radical (unpaired) electrons. The van der Waals surface area contributed by atoms with Gasteiger partial charge in [0, 0.05) is 5.56 Å². The number of nitrogens with zero attached hydrogens (tertiary/aromatic N) is 1. The van der Waals surface area contributed by atoms with Crippen LogP contribution >= 0.6 is 0 Å². The van der Waals surface area contributed by atoms with E-state index in [1.165, 1.54) is 0 Å². The molecule has 0 spiro atoms. The van der Waals surface area contributed by atoms with Crippen molar-refractivity contribution in [2.45, 2.75) is 77.0 Å². The third kappa shape index (κ3) is 5.87. The van der Waals surface area contributed by atoms with Crippen LogP contribution in [0, 0.1) is 0 Å². The molecule has 2 N–H and O–H groups in total. The fourth-order valence-corrected chi connectivity index (χ4v) is 4.14. The topological polar surface area (TPSA) is 97.3 Å². The van der Waals surface area contributed by atoms with Crippen molar-refractivity contribution in [3.05, 3.63) is 65.7 Å². The number of carbonyl (C=O) groups excluding carboxylic acids is 2. The van der Waals surface area contributed by atoms with E-state index >= 15 is 0 Å². The van der Waals surface area contributed by atoms with Crippen molar-refractivity contribution in [2.24, 2.45) is 0 Å². The molecule has 1 heterocycles. The van der Waals surface area contributed by atoms with Crippen molar-refractivity contribution >= 4 is 26.0 Å². The van der Waals surface area contributed by atoms with Crippen LogP contribution in [0.4, 0.5) is 10.5 Å². The Balaban J connectivity index is 1.92. The molecule has 0 aliphatic carbocycles. The lowest BCUT2D eigenvalue weighted by atomic mass is 10.0. The van der Waals surface area contributed by atoms with Gasteiger partial charge in [0.25, 0.3) is 5.91 Å². The Morgan fingerprint density at radius 1 is 1.03 bits per heavy atom. The van der Waals surface area contributed by atoms with Gasteiger partial charge < -0.3 is 9.84 Å². The molecular weight excluding hydrogens is 476 g/mol. The van der Waals surface area contributed by atoms with Crippen LogP contribution in [-0.4, -0.2) is 37.6 Å². The van der Waals surface area contributed by atoms with Gasteiger partial charge in [0.15, 0.2) is 0 Å². The summed E-state index contributed by atoms with van der Waals surface area (Å²) in [5.41, 5.74) is -1.70. The molecule has 8 nitrogen and oxygen atoms in total. The van der Waals surface area contributed by atoms with Crippen LogP contribution in [0.3, 0.4) is 0 Å². The Labute approximate surface area is 214 Å². The molecule has 0 aromatic heterocycles. The Morgan fingerprint density at radius 2 is 1.61 bits per heavy atom. The molecule has 2 amide bonds. The van der Waals surface area contributed by atoms with Crippen LogP contribution < -0.4 is 10.2 Å². The summed E-state index contributed by atoms with van der Waals surface area (Å²) in [7, 11) is -2.20. The monoisotopic (exact) mass is 514 g/mol. The maximum Gasteiger partial charge on any atom is 0.421 e. The number of hydrogen-bond acceptors (Lipinski definition) is 7. The molecule has 0 bridgehead atoms. The number of carbonyl (C=O) groups is 2. The van der Waals surface area contributed by atoms with E-state index in [0.29, 0.717) is 0 Å². The van der Waals surface area contributed by atoms with Crippen molar-refractivity contribution in [2.75, 3.05) is 11.5 Å². The first kappa shape index (κ1) is 28.0. The summed E-state index contributed by atoms with van der Waals surface area (Å²) >= 11 is 0. The molecule has 2 atom stereocenters. The molecule has 9 heteroatoms. The highest BCUT2D eigenvalue weighted by molar-refractivity contribution is 6.73. The maximum atomic E-state index is 13.6. The summed E-state index contributed by atoms with van der Waals surface area (Å²) in [6, 6.07) is 15.3. The van der Waals surface area contributed by atoms with Gasteiger partial charge >= 0.3 is 6.09 Å². The van der Waals surface area contributed by atoms with Gasteiger partial charge in [-0.1, -0.05) is 69.3 Å². The third-order valence-corrected chi connectivity index (χ3v) is 10.7. The smallest absolute Gasteiger partial charge is 0.421 e. The number of aliphatic hydroxyl groups is 1. The summed E-state index contributed by atoms with van der Waals surface area (Å²) in [6.45, 7) is 15.6. The van der Waals surface area contributed by atoms with Crippen molar-refractivity contribution in [3.8, 4) is 0 Å². The number of ether oxygens (including phenoxy) is 1. The zero-order valence-corrected chi connectivity index (χ0v) is 23.4. The number of nitrogens with one attached hydrogen (secondary N) is 1. The zero-order valence-electron chi connectivity index (χ0n) is 22.4. The zero-order chi connectivity index (χ0) is 26.9. The number of benzene rings is 2. The van der Waals surface area contributed by atoms with Gasteiger partial charge in [0.05, 0.1) is 11.7 Å². The maximum absolute atomic E-state index is 13.6. The first-order valence-electron chi connectivity index (χ1n) is 12.1. The SMILES string of the molecule is CC(C)(C)OC(=O)N1C(=O)C(O)(N[C@@H](COO[Si](C)(C)C(C)(C)C)c2ccccc2)c2ccccc21. The van der Waals surface area contributed by atoms with Gasteiger partial charge in [-0.3, -0.25) is 14.7 Å². The lowest BCUT2D eigenvalue weighted by Crippen LogP contribution is -2.54. The minimum absolute atomic E-state index is 0.0285. The Kier molecular flexibility index (Phi) is 7.83. The van der Waals surface area contributed by atoms with Gasteiger partial charge in [-0.25, -0.2) is 14.6 Å². The van der Waals surface area contributed by atoms with Gasteiger partial charge in [-0.05, 0) is 50.5 Å². The molecule has 2 aromatic rings. The van der Waals surface area contributed by atoms with E-state index in [2.05, 4.69) is 39.2 Å². The highest BCUT2D eigenvalue weighted by atomic mass is 28.4. The number of rotatable bonds is 7. The fraction of sp³-hybridized carbons (Fsp3) is 0.481. The van der Waals surface area contributed by atoms with E-state index in [4.69, 9.17) is 14.2 Å². The Hall–Kier alpha value is -2.56. The van der Waals surface area contributed by atoms with Crippen LogP contribution in [0.15, 0.2) is 54.6 Å². The van der Waals surface area contributed by atoms with Crippen LogP contribution in [0.1, 0.15) is 58.7 Å². The van der Waals surface area contributed by atoms with E-state index < -0.39 is 37.7 Å². The van der Waals surface area contributed by atoms with Crippen molar-refractivity contribution in [1.29, 1.82) is 0 Å². The van der Waals surface area contributed by atoms with E-state index in [1.807, 2.05) is 30.3 Å². The molecule has 1 aliphatic heterocycles. The number of amides is 2. The second kappa shape index (κ2) is 10.1. The first-order valence-corrected chi connectivity index (χ1v) is 15.0. The standard InChI is InChI=1S/C27H38N2O6Si/c1-25(2,3)34-24(31)29-22-17-13-12-16-20(22)27(32,23(29)30)28-21(19-14-10-9-11-15-19)18-33-35-36(7,8)26(4,5)6/h9-17,21,28,32H,18H2,1-8H3/t21-,27?/m0/s1. The van der Waals surface area contributed by atoms with Crippen molar-refractivity contribution < 1.29 is 28.9 Å². The summed E-state index contributed by atoms with van der Waals surface area (Å²) in [5, 5.41) is 14.7. The van der Waals surface area contributed by atoms with Crippen LogP contribution in [-0.2, 0) is 24.7 Å². The van der Waals surface area contributed by atoms with E-state index in [-0.39, 0.29) is 22.9 Å². The Morgan fingerprint density at radius 3 is 2.19 bits per heavy atom. The molecule has 0 saturated heterocycles. The number of hydrogen-bond donors (Lipinski definition) is 2. The molecule has 1 unspecified atom stereocenters. The van der Waals surface area contributed by atoms with Crippen LogP contribution in [0.25, 0.3) is 0 Å². The number of para-hydroxylation sites is 1. The highest BCUT2D eigenvalue weighted by Gasteiger charge is 2.54. The van der Waals surface area contributed by atoms with Crippen molar-refractivity contribution in [1.82, 2.24) is 5.32 Å². The van der Waals surface area contributed by atoms with Gasteiger partial charge in [-0.2, -0.15) is 0 Å². The van der Waals surface area contributed by atoms with Crippen LogP contribution in [0.5, 0.6) is 0 Å². The predicted molar refractivity (Wildman–Crippen MR) is 141 cm³/mol. The normalized spacial score (nSPS) is 19.2. The lowest BCUT2D eigenvalue weighted by Gasteiger charge is -2.35. The number of imide groups is 1. The van der Waals surface area contributed by atoms with Gasteiger partial charge in [0.1, 0.15) is 12.2 Å². The second-order valence-corrected chi connectivity index (χ2v) is 16.3. The quantitative estimate of drug-likeness (QED) is 0.221. The van der Waals surface area contributed by atoms with Crippen LogP contribution in [0.2, 0.25) is 18.1 Å². The highest BCUT2D eigenvalue weighted by Crippen LogP contribution is 2.41. The van der Waals surface area contributed by atoms with Crippen molar-refractivity contribution in [3.63, 3.8) is 0 Å². The summed E-state index contributed by atoms with van der Waals surface area (Å²) in [6.07, 6.45) is -0.855. The van der Waals surface area contributed by atoms with Gasteiger partial charge in [-0.15, -0.1) is 0 Å². The second-order valence-electron chi connectivity index (χ2n) is 11.6. The lowest BCUT2D eigenvalue weighted by molar-refractivity contribution is -0.229. The van der Waals surface area contributed by atoms with E-state index in [0.717, 1.165) is 10.5 Å². The van der Waals surface area contributed by atoms with E-state index in [1.54, 1.807) is 45.0 Å². The minimum Gasteiger partial charge on any atom is -0.443 e. The third-order valence-electron chi connectivity index (χ3n) is 6.52. The predicted octanol–water partition coefficient (Wildman–Crippen LogP) is 5.40. The number of anilines is 1. The summed E-state index contributed by atoms with van der Waals surface area (Å²) < 4.78 is 11.4. The molecular formula is C27H38N2O6Si. The molecule has 2 aromatic carbocycles. The fourth-order valence-electron chi connectivity index (χ4n) is 3.52. The average Bonchev–Trinajstić information content (AvgIpc) is 2.99. The molecule has 3 rings (SSSR count). The largest absolute Gasteiger partial charge is 0.443 e.